The standard InChI is InChI=1S/C15H28O/c1-5-9-14-11(6-2)10-12(7-3)15(16)13(14)8-4/h10-11,13-16H,5-9H2,1-4H3. The molecular formula is C15H28O. The Labute approximate surface area is 101 Å². The fourth-order valence-electron chi connectivity index (χ4n) is 3.36. The van der Waals surface area contributed by atoms with Crippen LogP contribution in [0.25, 0.3) is 0 Å². The lowest BCUT2D eigenvalue weighted by Gasteiger charge is -2.40. The highest BCUT2D eigenvalue weighted by atomic mass is 16.3. The summed E-state index contributed by atoms with van der Waals surface area (Å²) in [7, 11) is 0. The molecule has 0 aromatic rings. The Morgan fingerprint density at radius 3 is 2.19 bits per heavy atom. The average Bonchev–Trinajstić information content (AvgIpc) is 2.30. The third kappa shape index (κ3) is 2.68. The summed E-state index contributed by atoms with van der Waals surface area (Å²) in [5.74, 6) is 1.89. The molecule has 0 radical (unpaired) electrons. The SMILES string of the molecule is CCCC1C(CC)C=C(CC)C(O)C1CC. The van der Waals surface area contributed by atoms with E-state index >= 15 is 0 Å². The van der Waals surface area contributed by atoms with Crippen molar-refractivity contribution in [2.75, 3.05) is 0 Å². The first-order valence-electron chi connectivity index (χ1n) is 7.08. The van der Waals surface area contributed by atoms with Crippen LogP contribution in [-0.4, -0.2) is 11.2 Å². The van der Waals surface area contributed by atoms with Gasteiger partial charge >= 0.3 is 0 Å². The summed E-state index contributed by atoms with van der Waals surface area (Å²) in [6.07, 6.45) is 8.04. The zero-order valence-corrected chi connectivity index (χ0v) is 11.4. The molecule has 1 heteroatoms. The van der Waals surface area contributed by atoms with E-state index in [4.69, 9.17) is 0 Å². The molecule has 0 saturated carbocycles. The molecule has 0 aliphatic heterocycles. The van der Waals surface area contributed by atoms with Gasteiger partial charge in [0.2, 0.25) is 0 Å². The summed E-state index contributed by atoms with van der Waals surface area (Å²) >= 11 is 0. The minimum Gasteiger partial charge on any atom is -0.388 e. The summed E-state index contributed by atoms with van der Waals surface area (Å²) in [6.45, 7) is 8.92. The van der Waals surface area contributed by atoms with Crippen LogP contribution in [0.2, 0.25) is 0 Å². The summed E-state index contributed by atoms with van der Waals surface area (Å²) in [5.41, 5.74) is 1.28. The fourth-order valence-corrected chi connectivity index (χ4v) is 3.36. The van der Waals surface area contributed by atoms with Crippen molar-refractivity contribution in [2.45, 2.75) is 65.9 Å². The van der Waals surface area contributed by atoms with E-state index in [9.17, 15) is 5.11 Å². The minimum atomic E-state index is -0.172. The lowest BCUT2D eigenvalue weighted by Crippen LogP contribution is -2.37. The number of hydrogen-bond donors (Lipinski definition) is 1. The van der Waals surface area contributed by atoms with Crippen molar-refractivity contribution in [3.63, 3.8) is 0 Å². The van der Waals surface area contributed by atoms with Crippen LogP contribution >= 0.6 is 0 Å². The van der Waals surface area contributed by atoms with Gasteiger partial charge in [-0.1, -0.05) is 46.6 Å². The van der Waals surface area contributed by atoms with E-state index in [1.54, 1.807) is 0 Å². The van der Waals surface area contributed by atoms with Gasteiger partial charge in [-0.3, -0.25) is 0 Å². The molecule has 0 spiro atoms. The first-order valence-corrected chi connectivity index (χ1v) is 7.08. The molecule has 0 amide bonds. The van der Waals surface area contributed by atoms with Gasteiger partial charge in [0.15, 0.2) is 0 Å². The van der Waals surface area contributed by atoms with Gasteiger partial charge in [0, 0.05) is 0 Å². The normalized spacial score (nSPS) is 34.9. The Kier molecular flexibility index (Phi) is 5.54. The number of aliphatic hydroxyl groups is 1. The molecule has 0 saturated heterocycles. The van der Waals surface area contributed by atoms with Crippen molar-refractivity contribution in [2.24, 2.45) is 17.8 Å². The van der Waals surface area contributed by atoms with Gasteiger partial charge in [0.05, 0.1) is 6.10 Å². The van der Waals surface area contributed by atoms with Gasteiger partial charge in [0.1, 0.15) is 0 Å². The maximum Gasteiger partial charge on any atom is 0.0781 e. The van der Waals surface area contributed by atoms with Crippen LogP contribution in [0.3, 0.4) is 0 Å². The maximum absolute atomic E-state index is 10.4. The van der Waals surface area contributed by atoms with Crippen molar-refractivity contribution < 1.29 is 5.11 Å². The molecule has 1 aliphatic rings. The molecule has 94 valence electrons. The Hall–Kier alpha value is -0.300. The molecule has 4 atom stereocenters. The first-order chi connectivity index (χ1) is 7.69. The smallest absolute Gasteiger partial charge is 0.0781 e. The maximum atomic E-state index is 10.4. The Balaban J connectivity index is 2.92. The van der Waals surface area contributed by atoms with Crippen LogP contribution in [0.15, 0.2) is 11.6 Å². The van der Waals surface area contributed by atoms with Gasteiger partial charge in [-0.2, -0.15) is 0 Å². The highest BCUT2D eigenvalue weighted by Crippen LogP contribution is 2.41. The van der Waals surface area contributed by atoms with Crippen LogP contribution < -0.4 is 0 Å². The van der Waals surface area contributed by atoms with Crippen LogP contribution in [0.1, 0.15) is 59.8 Å². The molecule has 16 heavy (non-hydrogen) atoms. The predicted molar refractivity (Wildman–Crippen MR) is 70.3 cm³/mol. The Morgan fingerprint density at radius 1 is 1.06 bits per heavy atom. The topological polar surface area (TPSA) is 20.2 Å². The molecule has 1 N–H and O–H groups in total. The van der Waals surface area contributed by atoms with E-state index in [1.807, 2.05) is 0 Å². The Morgan fingerprint density at radius 2 is 1.75 bits per heavy atom. The summed E-state index contributed by atoms with van der Waals surface area (Å²) in [5, 5.41) is 10.4. The first kappa shape index (κ1) is 13.8. The molecule has 0 fully saturated rings. The van der Waals surface area contributed by atoms with E-state index < -0.39 is 0 Å². The van der Waals surface area contributed by atoms with Crippen molar-refractivity contribution in [3.8, 4) is 0 Å². The number of rotatable bonds is 5. The van der Waals surface area contributed by atoms with Crippen molar-refractivity contribution >= 4 is 0 Å². The quantitative estimate of drug-likeness (QED) is 0.695. The lowest BCUT2D eigenvalue weighted by molar-refractivity contribution is 0.0596. The van der Waals surface area contributed by atoms with Crippen LogP contribution in [0.4, 0.5) is 0 Å². The number of aliphatic hydroxyl groups excluding tert-OH is 1. The van der Waals surface area contributed by atoms with E-state index in [0.29, 0.717) is 17.8 Å². The van der Waals surface area contributed by atoms with E-state index in [2.05, 4.69) is 33.8 Å². The third-order valence-electron chi connectivity index (χ3n) is 4.29. The average molecular weight is 224 g/mol. The van der Waals surface area contributed by atoms with Gasteiger partial charge in [0.25, 0.3) is 0 Å². The van der Waals surface area contributed by atoms with E-state index in [-0.39, 0.29) is 6.10 Å². The van der Waals surface area contributed by atoms with Gasteiger partial charge in [-0.15, -0.1) is 0 Å². The van der Waals surface area contributed by atoms with E-state index in [1.165, 1.54) is 24.8 Å². The second-order valence-corrected chi connectivity index (χ2v) is 5.14. The monoisotopic (exact) mass is 224 g/mol. The second kappa shape index (κ2) is 6.44. The van der Waals surface area contributed by atoms with E-state index in [0.717, 1.165) is 12.8 Å². The van der Waals surface area contributed by atoms with Crippen molar-refractivity contribution in [3.05, 3.63) is 11.6 Å². The van der Waals surface area contributed by atoms with Crippen LogP contribution in [-0.2, 0) is 0 Å². The van der Waals surface area contributed by atoms with Gasteiger partial charge < -0.3 is 5.11 Å². The number of allylic oxidation sites excluding steroid dienone is 1. The summed E-state index contributed by atoms with van der Waals surface area (Å²) < 4.78 is 0. The molecule has 0 aromatic heterocycles. The molecule has 0 heterocycles. The second-order valence-electron chi connectivity index (χ2n) is 5.14. The van der Waals surface area contributed by atoms with Gasteiger partial charge in [-0.25, -0.2) is 0 Å². The molecular weight excluding hydrogens is 196 g/mol. The molecule has 0 aromatic carbocycles. The zero-order valence-electron chi connectivity index (χ0n) is 11.4. The summed E-state index contributed by atoms with van der Waals surface area (Å²) in [4.78, 5) is 0. The van der Waals surface area contributed by atoms with Gasteiger partial charge in [-0.05, 0) is 42.6 Å². The predicted octanol–water partition coefficient (Wildman–Crippen LogP) is 4.17. The number of hydrogen-bond acceptors (Lipinski definition) is 1. The highest BCUT2D eigenvalue weighted by molar-refractivity contribution is 5.17. The summed E-state index contributed by atoms with van der Waals surface area (Å²) in [6, 6.07) is 0. The fraction of sp³-hybridized carbons (Fsp3) is 0.867. The molecule has 1 aliphatic carbocycles. The Bertz CT molecular complexity index is 232. The molecule has 1 rings (SSSR count). The highest BCUT2D eigenvalue weighted by Gasteiger charge is 2.36. The molecule has 1 nitrogen and oxygen atoms in total. The largest absolute Gasteiger partial charge is 0.388 e. The van der Waals surface area contributed by atoms with Crippen LogP contribution in [0.5, 0.6) is 0 Å². The minimum absolute atomic E-state index is 0.172. The van der Waals surface area contributed by atoms with Crippen molar-refractivity contribution in [1.29, 1.82) is 0 Å². The van der Waals surface area contributed by atoms with Crippen LogP contribution in [0, 0.1) is 17.8 Å². The molecule has 0 bridgehead atoms. The third-order valence-corrected chi connectivity index (χ3v) is 4.29. The molecule has 4 unspecified atom stereocenters. The van der Waals surface area contributed by atoms with Crippen molar-refractivity contribution in [1.82, 2.24) is 0 Å². The lowest BCUT2D eigenvalue weighted by atomic mass is 9.67. The zero-order chi connectivity index (χ0) is 12.1.